The maximum absolute atomic E-state index is 13.9. The molecule has 0 aliphatic heterocycles. The van der Waals surface area contributed by atoms with Crippen molar-refractivity contribution in [1.29, 1.82) is 0 Å². The van der Waals surface area contributed by atoms with Gasteiger partial charge < -0.3 is 25.6 Å². The topological polar surface area (TPSA) is 129 Å². The summed E-state index contributed by atoms with van der Waals surface area (Å²) in [5.41, 5.74) is 7.45. The molecule has 0 radical (unpaired) electrons. The van der Waals surface area contributed by atoms with Crippen LogP contribution < -0.4 is 20.5 Å². The van der Waals surface area contributed by atoms with E-state index in [0.29, 0.717) is 40.9 Å². The van der Waals surface area contributed by atoms with E-state index in [-0.39, 0.29) is 11.3 Å². The number of aryl methyl sites for hydroxylation is 1. The average Bonchev–Trinajstić information content (AvgIpc) is 3.15. The molecule has 0 aliphatic rings. The Hall–Kier alpha value is -3.84. The molecule has 2 aromatic carbocycles. The molecule has 9 nitrogen and oxygen atoms in total. The van der Waals surface area contributed by atoms with Crippen LogP contribution in [0.2, 0.25) is 5.02 Å². The first-order valence-electron chi connectivity index (χ1n) is 9.98. The number of nitrogens with two attached hydrogens (primary N) is 1. The van der Waals surface area contributed by atoms with Crippen LogP contribution in [0.25, 0.3) is 11.3 Å². The molecule has 0 saturated carbocycles. The van der Waals surface area contributed by atoms with Crippen molar-refractivity contribution in [3.63, 3.8) is 0 Å². The van der Waals surface area contributed by atoms with Crippen LogP contribution in [0.15, 0.2) is 42.6 Å². The second-order valence-electron chi connectivity index (χ2n) is 6.92. The number of aliphatic carboxylic acids is 1. The van der Waals surface area contributed by atoms with Gasteiger partial charge in [-0.1, -0.05) is 11.6 Å². The minimum absolute atomic E-state index is 0.0658. The quantitative estimate of drug-likeness (QED) is 0.391. The summed E-state index contributed by atoms with van der Waals surface area (Å²) in [6.07, 6.45) is -3.56. The molecule has 3 aromatic rings. The molecular formula is C22H21ClF4N4O5. The minimum atomic E-state index is -5.08. The number of halogens is 5. The number of carbonyl (C=O) groups excluding carboxylic acids is 1. The van der Waals surface area contributed by atoms with E-state index in [0.717, 1.165) is 6.07 Å². The third kappa shape index (κ3) is 7.33. The predicted octanol–water partition coefficient (Wildman–Crippen LogP) is 4.11. The summed E-state index contributed by atoms with van der Waals surface area (Å²) in [6.45, 7) is 0.666. The first-order valence-corrected chi connectivity index (χ1v) is 10.4. The number of amides is 1. The molecule has 1 aromatic heterocycles. The molecular weight excluding hydrogens is 512 g/mol. The lowest BCUT2D eigenvalue weighted by Gasteiger charge is -2.14. The summed E-state index contributed by atoms with van der Waals surface area (Å²) in [6, 6.07) is 9.10. The smallest absolute Gasteiger partial charge is 0.490 e. The van der Waals surface area contributed by atoms with Crippen molar-refractivity contribution in [2.75, 3.05) is 25.6 Å². The number of carbonyl (C=O) groups is 2. The number of ether oxygens (including phenoxy) is 2. The molecule has 0 fully saturated rings. The largest absolute Gasteiger partial charge is 0.494 e. The van der Waals surface area contributed by atoms with Crippen LogP contribution in [0.5, 0.6) is 11.5 Å². The normalized spacial score (nSPS) is 10.8. The lowest BCUT2D eigenvalue weighted by molar-refractivity contribution is -0.192. The van der Waals surface area contributed by atoms with Crippen LogP contribution in [-0.2, 0) is 11.8 Å². The third-order valence-corrected chi connectivity index (χ3v) is 4.70. The van der Waals surface area contributed by atoms with E-state index >= 15 is 0 Å². The van der Waals surface area contributed by atoms with Crippen LogP contribution in [0.4, 0.5) is 23.2 Å². The minimum Gasteiger partial charge on any atom is -0.494 e. The summed E-state index contributed by atoms with van der Waals surface area (Å²) in [7, 11) is 3.11. The fourth-order valence-corrected chi connectivity index (χ4v) is 3.08. The Balaban J connectivity index is 0.000000572. The van der Waals surface area contributed by atoms with Gasteiger partial charge in [-0.2, -0.15) is 18.3 Å². The van der Waals surface area contributed by atoms with Gasteiger partial charge in [-0.15, -0.1) is 0 Å². The second-order valence-corrected chi connectivity index (χ2v) is 7.33. The fraction of sp³-hybridized carbons (Fsp3) is 0.227. The van der Waals surface area contributed by atoms with Gasteiger partial charge >= 0.3 is 12.1 Å². The molecule has 1 amide bonds. The molecule has 0 unspecified atom stereocenters. The van der Waals surface area contributed by atoms with Gasteiger partial charge in [-0.25, -0.2) is 9.18 Å². The first-order chi connectivity index (χ1) is 16.9. The molecule has 14 heteroatoms. The lowest BCUT2D eigenvalue weighted by Crippen LogP contribution is -2.21. The summed E-state index contributed by atoms with van der Waals surface area (Å²) >= 11 is 6.28. The number of rotatable bonds is 7. The number of hydrogen-bond acceptors (Lipinski definition) is 6. The van der Waals surface area contributed by atoms with Crippen molar-refractivity contribution in [3.8, 4) is 22.8 Å². The Morgan fingerprint density at radius 1 is 1.19 bits per heavy atom. The lowest BCUT2D eigenvalue weighted by atomic mass is 10.1. The Labute approximate surface area is 207 Å². The highest BCUT2D eigenvalue weighted by atomic mass is 35.5. The maximum atomic E-state index is 13.9. The number of anilines is 1. The highest BCUT2D eigenvalue weighted by molar-refractivity contribution is 6.33. The van der Waals surface area contributed by atoms with Gasteiger partial charge in [0.2, 0.25) is 0 Å². The molecule has 194 valence electrons. The summed E-state index contributed by atoms with van der Waals surface area (Å²) in [5, 5.41) is 14.5. The number of nitrogens with one attached hydrogen (secondary N) is 1. The van der Waals surface area contributed by atoms with Crippen molar-refractivity contribution < 1.29 is 41.7 Å². The van der Waals surface area contributed by atoms with Crippen LogP contribution in [-0.4, -0.2) is 53.2 Å². The van der Waals surface area contributed by atoms with Crippen LogP contribution in [0.3, 0.4) is 0 Å². The first kappa shape index (κ1) is 28.4. The van der Waals surface area contributed by atoms with Gasteiger partial charge in [0.25, 0.3) is 5.91 Å². The molecule has 0 saturated heterocycles. The summed E-state index contributed by atoms with van der Waals surface area (Å²) < 4.78 is 57.8. The van der Waals surface area contributed by atoms with E-state index in [9.17, 15) is 22.4 Å². The average molecular weight is 533 g/mol. The Bertz CT molecular complexity index is 1210. The maximum Gasteiger partial charge on any atom is 0.490 e. The zero-order chi connectivity index (χ0) is 27.0. The Kier molecular flexibility index (Phi) is 9.64. The van der Waals surface area contributed by atoms with Crippen molar-refractivity contribution >= 4 is 29.2 Å². The van der Waals surface area contributed by atoms with E-state index in [1.807, 2.05) is 0 Å². The summed E-state index contributed by atoms with van der Waals surface area (Å²) in [4.78, 5) is 21.4. The molecule has 3 rings (SSSR count). The number of hydrogen-bond donors (Lipinski definition) is 3. The Morgan fingerprint density at radius 2 is 1.83 bits per heavy atom. The van der Waals surface area contributed by atoms with Gasteiger partial charge in [0.15, 0.2) is 11.6 Å². The van der Waals surface area contributed by atoms with Crippen molar-refractivity contribution in [3.05, 3.63) is 59.0 Å². The monoisotopic (exact) mass is 532 g/mol. The van der Waals surface area contributed by atoms with E-state index in [1.165, 1.54) is 25.4 Å². The third-order valence-electron chi connectivity index (χ3n) is 4.42. The van der Waals surface area contributed by atoms with E-state index < -0.39 is 23.9 Å². The van der Waals surface area contributed by atoms with Gasteiger partial charge in [0.1, 0.15) is 12.4 Å². The highest BCUT2D eigenvalue weighted by Gasteiger charge is 2.38. The SMILES string of the molecule is COc1ccc(C(=O)Nc2ccc(OCCN)c(-c3c(Cl)cnn3C)c2)cc1F.O=C(O)C(F)(F)F. The zero-order valence-electron chi connectivity index (χ0n) is 18.9. The standard InChI is InChI=1S/C20H20ClFN4O3.C2HF3O2/c1-26-19(15(21)11-24-26)14-10-13(4-6-17(14)29-8-7-23)25-20(27)12-3-5-18(28-2)16(22)9-12;3-2(4,5)1(6)7/h3-6,9-11H,7-8,23H2,1-2H3,(H,25,27);(H,6,7). The molecule has 0 bridgehead atoms. The van der Waals surface area contributed by atoms with E-state index in [1.54, 1.807) is 29.9 Å². The van der Waals surface area contributed by atoms with Crippen molar-refractivity contribution in [1.82, 2.24) is 9.78 Å². The second kappa shape index (κ2) is 12.2. The van der Waals surface area contributed by atoms with Gasteiger partial charge in [0.05, 0.1) is 24.0 Å². The number of carboxylic acid groups (broad SMARTS) is 1. The van der Waals surface area contributed by atoms with E-state index in [2.05, 4.69) is 10.4 Å². The number of alkyl halides is 3. The summed E-state index contributed by atoms with van der Waals surface area (Å²) in [5.74, 6) is -3.23. The van der Waals surface area contributed by atoms with Crippen LogP contribution in [0, 0.1) is 5.82 Å². The number of benzene rings is 2. The molecule has 4 N–H and O–H groups in total. The molecule has 0 atom stereocenters. The van der Waals surface area contributed by atoms with Gasteiger partial charge in [-0.05, 0) is 36.4 Å². The number of methoxy groups -OCH3 is 1. The molecule has 0 aliphatic carbocycles. The highest BCUT2D eigenvalue weighted by Crippen LogP contribution is 2.36. The zero-order valence-corrected chi connectivity index (χ0v) is 19.7. The van der Waals surface area contributed by atoms with Crippen molar-refractivity contribution in [2.24, 2.45) is 12.8 Å². The number of nitrogens with zero attached hydrogens (tertiary/aromatic N) is 2. The van der Waals surface area contributed by atoms with Gasteiger partial charge in [0, 0.05) is 30.4 Å². The number of carboxylic acids is 1. The number of aromatic nitrogens is 2. The molecule has 1 heterocycles. The predicted molar refractivity (Wildman–Crippen MR) is 123 cm³/mol. The Morgan fingerprint density at radius 3 is 2.33 bits per heavy atom. The fourth-order valence-electron chi connectivity index (χ4n) is 2.81. The van der Waals surface area contributed by atoms with Gasteiger partial charge in [-0.3, -0.25) is 9.48 Å². The molecule has 36 heavy (non-hydrogen) atoms. The van der Waals surface area contributed by atoms with Crippen LogP contribution in [0.1, 0.15) is 10.4 Å². The van der Waals surface area contributed by atoms with E-state index in [4.69, 9.17) is 36.7 Å². The molecule has 0 spiro atoms. The van der Waals surface area contributed by atoms with Crippen molar-refractivity contribution in [2.45, 2.75) is 6.18 Å². The van der Waals surface area contributed by atoms with Crippen LogP contribution >= 0.6 is 11.6 Å².